The second-order valence-corrected chi connectivity index (χ2v) is 9.86. The average molecular weight is 431 g/mol. The number of fused-ring (bicyclic) bond motifs is 1. The number of halogens is 1. The molecule has 0 aromatic heterocycles. The summed E-state index contributed by atoms with van der Waals surface area (Å²) in [6, 6.07) is 7.73. The largest absolute Gasteiger partial charge is 0.483 e. The predicted molar refractivity (Wildman–Crippen MR) is 117 cm³/mol. The number of aryl methyl sites for hydroxylation is 1. The fraction of sp³-hybridized carbons (Fsp3) is 0.583. The monoisotopic (exact) mass is 430 g/mol. The van der Waals surface area contributed by atoms with Crippen molar-refractivity contribution in [3.8, 4) is 0 Å². The van der Waals surface area contributed by atoms with E-state index in [2.05, 4.69) is 11.8 Å². The molecule has 1 amide bonds. The number of ether oxygens (including phenoxy) is 1. The molecule has 1 aromatic rings. The number of carbonyl (C=O) groups excluding carboxylic acids is 2. The molecule has 0 N–H and O–H groups in total. The van der Waals surface area contributed by atoms with Crippen molar-refractivity contribution >= 4 is 23.3 Å². The number of benzene rings is 1. The van der Waals surface area contributed by atoms with Crippen LogP contribution in [0.5, 0.6) is 0 Å². The Morgan fingerprint density at radius 2 is 1.87 bits per heavy atom. The molecule has 1 aliphatic carbocycles. The first kappa shape index (κ1) is 21.4. The van der Waals surface area contributed by atoms with Gasteiger partial charge in [0.15, 0.2) is 11.5 Å². The molecule has 0 saturated heterocycles. The van der Waals surface area contributed by atoms with E-state index in [9.17, 15) is 9.59 Å². The summed E-state index contributed by atoms with van der Waals surface area (Å²) < 4.78 is 6.25. The van der Waals surface area contributed by atoms with Crippen LogP contribution in [0.3, 0.4) is 0 Å². The third kappa shape index (κ3) is 3.78. The van der Waals surface area contributed by atoms with E-state index in [4.69, 9.17) is 16.3 Å². The van der Waals surface area contributed by atoms with Gasteiger partial charge >= 0.3 is 0 Å². The van der Waals surface area contributed by atoms with E-state index in [1.54, 1.807) is 0 Å². The molecular formula is C24H31ClN2O3. The van der Waals surface area contributed by atoms with E-state index in [0.717, 1.165) is 24.1 Å². The molecule has 30 heavy (non-hydrogen) atoms. The Labute approximate surface area is 184 Å². The third-order valence-electron chi connectivity index (χ3n) is 6.70. The van der Waals surface area contributed by atoms with Gasteiger partial charge in [-0.25, -0.2) is 0 Å². The Kier molecular flexibility index (Phi) is 5.95. The Bertz CT molecular complexity index is 864. The summed E-state index contributed by atoms with van der Waals surface area (Å²) in [6.07, 6.45) is 1.91. The van der Waals surface area contributed by atoms with E-state index in [-0.39, 0.29) is 46.8 Å². The first-order valence-electron chi connectivity index (χ1n) is 10.9. The number of alkyl halides is 1. The van der Waals surface area contributed by atoms with Crippen LogP contribution in [0.25, 0.3) is 0 Å². The summed E-state index contributed by atoms with van der Waals surface area (Å²) in [7, 11) is 4.04. The van der Waals surface area contributed by atoms with Crippen LogP contribution in [0.15, 0.2) is 35.6 Å². The van der Waals surface area contributed by atoms with Gasteiger partial charge in [-0.15, -0.1) is 11.6 Å². The van der Waals surface area contributed by atoms with Gasteiger partial charge in [0.25, 0.3) is 5.91 Å². The normalized spacial score (nSPS) is 31.1. The number of amides is 1. The van der Waals surface area contributed by atoms with Crippen LogP contribution >= 0.6 is 11.6 Å². The highest BCUT2D eigenvalue weighted by Gasteiger charge is 2.53. The number of rotatable bonds is 5. The van der Waals surface area contributed by atoms with Gasteiger partial charge in [0.2, 0.25) is 0 Å². The van der Waals surface area contributed by atoms with E-state index in [1.807, 2.05) is 50.2 Å². The lowest BCUT2D eigenvalue weighted by Crippen LogP contribution is -2.44. The molecule has 4 rings (SSSR count). The Hall–Kier alpha value is -1.85. The highest BCUT2D eigenvalue weighted by atomic mass is 35.5. The second-order valence-electron chi connectivity index (χ2n) is 9.30. The number of nitrogens with zero attached hydrogens (tertiary/aromatic N) is 2. The lowest BCUT2D eigenvalue weighted by Gasteiger charge is -2.40. The molecule has 162 valence electrons. The van der Waals surface area contributed by atoms with Crippen LogP contribution in [-0.2, 0) is 14.3 Å². The number of hydrogen-bond acceptors (Lipinski definition) is 4. The number of ketones is 1. The first-order chi connectivity index (χ1) is 14.3. The molecule has 1 fully saturated rings. The fourth-order valence-electron chi connectivity index (χ4n) is 4.95. The molecule has 0 radical (unpaired) electrons. The van der Waals surface area contributed by atoms with Crippen molar-refractivity contribution in [1.82, 2.24) is 9.80 Å². The van der Waals surface area contributed by atoms with Gasteiger partial charge in [-0.05, 0) is 58.3 Å². The van der Waals surface area contributed by atoms with Crippen LogP contribution in [0, 0.1) is 18.8 Å². The van der Waals surface area contributed by atoms with E-state index in [0.29, 0.717) is 25.0 Å². The lowest BCUT2D eigenvalue weighted by molar-refractivity contribution is -0.136. The summed E-state index contributed by atoms with van der Waals surface area (Å²) in [5.41, 5.74) is 2.65. The molecule has 5 atom stereocenters. The Morgan fingerprint density at radius 3 is 2.53 bits per heavy atom. The van der Waals surface area contributed by atoms with E-state index >= 15 is 0 Å². The number of hydrogen-bond donors (Lipinski definition) is 0. The maximum Gasteiger partial charge on any atom is 0.290 e. The fourth-order valence-corrected chi connectivity index (χ4v) is 5.24. The standard InChI is InChI=1S/C24H31ClN2O3/c1-14-6-8-16(9-7-14)21-20-22(28)17-13-18(25)15(2)12-19(17)30-23(20)24(29)27(21)11-5-10-26(3)4/h6-9,15,17-19,21H,5,10-13H2,1-4H3. The molecule has 0 spiro atoms. The van der Waals surface area contributed by atoms with Gasteiger partial charge in [0, 0.05) is 11.9 Å². The maximum absolute atomic E-state index is 13.6. The number of carbonyl (C=O) groups is 2. The molecule has 0 bridgehead atoms. The zero-order valence-corrected chi connectivity index (χ0v) is 19.0. The van der Waals surface area contributed by atoms with Gasteiger partial charge in [-0.2, -0.15) is 0 Å². The molecule has 1 saturated carbocycles. The van der Waals surface area contributed by atoms with Gasteiger partial charge in [0.05, 0.1) is 17.5 Å². The third-order valence-corrected chi connectivity index (χ3v) is 7.31. The van der Waals surface area contributed by atoms with Crippen molar-refractivity contribution in [3.63, 3.8) is 0 Å². The molecule has 2 heterocycles. The average Bonchev–Trinajstić information content (AvgIpc) is 2.97. The van der Waals surface area contributed by atoms with Gasteiger partial charge < -0.3 is 14.5 Å². The predicted octanol–water partition coefficient (Wildman–Crippen LogP) is 3.71. The highest BCUT2D eigenvalue weighted by Crippen LogP contribution is 2.48. The minimum atomic E-state index is -0.378. The minimum absolute atomic E-state index is 0.0351. The van der Waals surface area contributed by atoms with Gasteiger partial charge in [-0.3, -0.25) is 9.59 Å². The minimum Gasteiger partial charge on any atom is -0.483 e. The molecular weight excluding hydrogens is 400 g/mol. The summed E-state index contributed by atoms with van der Waals surface area (Å²) in [5.74, 6) is 0.180. The molecule has 6 heteroatoms. The molecule has 2 aliphatic heterocycles. The summed E-state index contributed by atoms with van der Waals surface area (Å²) in [4.78, 5) is 31.0. The van der Waals surface area contributed by atoms with Crippen molar-refractivity contribution in [2.45, 2.75) is 50.6 Å². The van der Waals surface area contributed by atoms with Crippen molar-refractivity contribution in [2.24, 2.45) is 11.8 Å². The molecule has 1 aromatic carbocycles. The van der Waals surface area contributed by atoms with Crippen molar-refractivity contribution in [2.75, 3.05) is 27.2 Å². The SMILES string of the molecule is Cc1ccc(C2C3=C(OC4CC(C)C(Cl)CC4C3=O)C(=O)N2CCCN(C)C)cc1. The zero-order chi connectivity index (χ0) is 21.6. The van der Waals surface area contributed by atoms with E-state index < -0.39 is 0 Å². The maximum atomic E-state index is 13.6. The topological polar surface area (TPSA) is 49.9 Å². The van der Waals surface area contributed by atoms with Crippen molar-refractivity contribution < 1.29 is 14.3 Å². The first-order valence-corrected chi connectivity index (χ1v) is 11.3. The number of Topliss-reactive ketones (excluding diaryl/α,β-unsaturated/α-hetero) is 1. The smallest absolute Gasteiger partial charge is 0.290 e. The summed E-state index contributed by atoms with van der Waals surface area (Å²) >= 11 is 6.52. The van der Waals surface area contributed by atoms with Gasteiger partial charge in [-0.1, -0.05) is 36.8 Å². The quantitative estimate of drug-likeness (QED) is 0.668. The Balaban J connectivity index is 1.70. The van der Waals surface area contributed by atoms with Crippen LogP contribution in [0.1, 0.15) is 43.4 Å². The summed E-state index contributed by atoms with van der Waals surface area (Å²) in [5, 5.41) is -0.0351. The van der Waals surface area contributed by atoms with Crippen LogP contribution in [-0.4, -0.2) is 60.2 Å². The zero-order valence-electron chi connectivity index (χ0n) is 18.2. The van der Waals surface area contributed by atoms with Gasteiger partial charge in [0.1, 0.15) is 6.10 Å². The lowest BCUT2D eigenvalue weighted by atomic mass is 9.74. The molecule has 5 unspecified atom stereocenters. The summed E-state index contributed by atoms with van der Waals surface area (Å²) in [6.45, 7) is 5.58. The van der Waals surface area contributed by atoms with Crippen LogP contribution in [0.2, 0.25) is 0 Å². The highest BCUT2D eigenvalue weighted by molar-refractivity contribution is 6.21. The molecule has 3 aliphatic rings. The van der Waals surface area contributed by atoms with Crippen molar-refractivity contribution in [1.29, 1.82) is 0 Å². The van der Waals surface area contributed by atoms with Crippen LogP contribution in [0.4, 0.5) is 0 Å². The van der Waals surface area contributed by atoms with E-state index in [1.165, 1.54) is 0 Å². The van der Waals surface area contributed by atoms with Crippen LogP contribution < -0.4 is 0 Å². The molecule has 5 nitrogen and oxygen atoms in total. The Morgan fingerprint density at radius 1 is 1.17 bits per heavy atom. The second kappa shape index (κ2) is 8.35. The van der Waals surface area contributed by atoms with Crippen molar-refractivity contribution in [3.05, 3.63) is 46.7 Å².